The number of hydrogen-bond acceptors (Lipinski definition) is 7. The summed E-state index contributed by atoms with van der Waals surface area (Å²) in [6, 6.07) is 6.64. The standard InChI is InChI=1S/C30H37F2N7O/c1-6-30(40,21-10-12-38(7-2)13-11-21)22-8-9-26(33-16-22)36-29-34-17-24(32)27(37-29)20-14-23(31)28-25(15-20)39(18(3)4)19(5)35-28/h8-9,14-18,21,40H,6-7,10-13H2,1-5H3,(H,33,34,36,37). The Bertz CT molecular complexity index is 1500. The van der Waals surface area contributed by atoms with Crippen LogP contribution in [0, 0.1) is 24.5 Å². The van der Waals surface area contributed by atoms with Gasteiger partial charge < -0.3 is 19.9 Å². The highest BCUT2D eigenvalue weighted by Gasteiger charge is 2.38. The van der Waals surface area contributed by atoms with Crippen LogP contribution in [0.15, 0.2) is 36.7 Å². The number of rotatable bonds is 8. The van der Waals surface area contributed by atoms with E-state index >= 15 is 4.39 Å². The molecule has 0 bridgehead atoms. The number of nitrogens with zero attached hydrogens (tertiary/aromatic N) is 6. The highest BCUT2D eigenvalue weighted by molar-refractivity contribution is 5.83. The van der Waals surface area contributed by atoms with Crippen molar-refractivity contribution in [1.82, 2.24) is 29.4 Å². The van der Waals surface area contributed by atoms with E-state index in [9.17, 15) is 9.50 Å². The van der Waals surface area contributed by atoms with Gasteiger partial charge in [0, 0.05) is 23.4 Å². The number of imidazole rings is 1. The normalized spacial score (nSPS) is 16.5. The fourth-order valence-electron chi connectivity index (χ4n) is 5.98. The summed E-state index contributed by atoms with van der Waals surface area (Å²) in [4.78, 5) is 19.7. The number of fused-ring (bicyclic) bond motifs is 1. The predicted octanol–water partition coefficient (Wildman–Crippen LogP) is 6.13. The number of aromatic nitrogens is 5. The van der Waals surface area contributed by atoms with Crippen molar-refractivity contribution in [1.29, 1.82) is 0 Å². The van der Waals surface area contributed by atoms with Gasteiger partial charge in [0.2, 0.25) is 5.95 Å². The first kappa shape index (κ1) is 28.0. The van der Waals surface area contributed by atoms with Gasteiger partial charge in [-0.15, -0.1) is 0 Å². The Kier molecular flexibility index (Phi) is 7.83. The van der Waals surface area contributed by atoms with Crippen LogP contribution in [0.1, 0.15) is 64.4 Å². The largest absolute Gasteiger partial charge is 0.385 e. The molecule has 1 saturated heterocycles. The second-order valence-electron chi connectivity index (χ2n) is 10.9. The Morgan fingerprint density at radius 3 is 2.42 bits per heavy atom. The molecule has 4 aromatic rings. The summed E-state index contributed by atoms with van der Waals surface area (Å²) in [7, 11) is 0. The smallest absolute Gasteiger partial charge is 0.229 e. The molecule has 212 valence electrons. The van der Waals surface area contributed by atoms with Gasteiger partial charge in [-0.05, 0) is 83.8 Å². The van der Waals surface area contributed by atoms with Gasteiger partial charge in [0.15, 0.2) is 11.6 Å². The number of hydrogen-bond donors (Lipinski definition) is 2. The first-order valence-corrected chi connectivity index (χ1v) is 14.0. The van der Waals surface area contributed by atoms with Crippen molar-refractivity contribution in [2.75, 3.05) is 25.0 Å². The number of aryl methyl sites for hydroxylation is 1. The molecule has 4 heterocycles. The lowest BCUT2D eigenvalue weighted by molar-refractivity contribution is -0.0516. The van der Waals surface area contributed by atoms with Gasteiger partial charge in [-0.1, -0.05) is 19.9 Å². The summed E-state index contributed by atoms with van der Waals surface area (Å²) in [5, 5.41) is 14.6. The van der Waals surface area contributed by atoms with E-state index in [0.29, 0.717) is 29.1 Å². The summed E-state index contributed by atoms with van der Waals surface area (Å²) in [5.41, 5.74) is 0.917. The van der Waals surface area contributed by atoms with E-state index in [1.807, 2.05) is 38.3 Å². The van der Waals surface area contributed by atoms with Crippen LogP contribution in [0.2, 0.25) is 0 Å². The molecule has 1 aliphatic heterocycles. The van der Waals surface area contributed by atoms with E-state index in [1.165, 1.54) is 6.07 Å². The second-order valence-corrected chi connectivity index (χ2v) is 10.9. The third-order valence-corrected chi connectivity index (χ3v) is 8.21. The lowest BCUT2D eigenvalue weighted by Crippen LogP contribution is -2.43. The Morgan fingerprint density at radius 2 is 1.80 bits per heavy atom. The van der Waals surface area contributed by atoms with Crippen LogP contribution < -0.4 is 5.32 Å². The molecule has 0 aliphatic carbocycles. The van der Waals surface area contributed by atoms with E-state index in [0.717, 1.165) is 44.2 Å². The zero-order chi connectivity index (χ0) is 28.6. The van der Waals surface area contributed by atoms with Crippen LogP contribution in [0.4, 0.5) is 20.5 Å². The third kappa shape index (κ3) is 5.17. The van der Waals surface area contributed by atoms with Gasteiger partial charge in [-0.2, -0.15) is 0 Å². The van der Waals surface area contributed by atoms with Gasteiger partial charge in [0.05, 0.1) is 17.3 Å². The summed E-state index contributed by atoms with van der Waals surface area (Å²) in [6.07, 6.45) is 5.22. The minimum Gasteiger partial charge on any atom is -0.385 e. The van der Waals surface area contributed by atoms with Crippen LogP contribution in [-0.4, -0.2) is 54.1 Å². The lowest BCUT2D eigenvalue weighted by Gasteiger charge is -2.41. The zero-order valence-electron chi connectivity index (χ0n) is 23.7. The number of aliphatic hydroxyl groups is 1. The van der Waals surface area contributed by atoms with E-state index in [2.05, 4.69) is 37.1 Å². The molecule has 1 atom stereocenters. The molecule has 2 N–H and O–H groups in total. The number of likely N-dealkylation sites (tertiary alicyclic amines) is 1. The zero-order valence-corrected chi connectivity index (χ0v) is 23.7. The lowest BCUT2D eigenvalue weighted by atomic mass is 9.75. The topological polar surface area (TPSA) is 92.0 Å². The molecule has 1 unspecified atom stereocenters. The van der Waals surface area contributed by atoms with Gasteiger partial charge >= 0.3 is 0 Å². The molecule has 1 fully saturated rings. The Balaban J connectivity index is 1.40. The minimum absolute atomic E-state index is 0.0251. The Hall–Kier alpha value is -3.50. The van der Waals surface area contributed by atoms with E-state index in [1.54, 1.807) is 18.3 Å². The number of piperidine rings is 1. The average Bonchev–Trinajstić information content (AvgIpc) is 3.30. The molecule has 10 heteroatoms. The number of benzene rings is 1. The average molecular weight is 550 g/mol. The van der Waals surface area contributed by atoms with Crippen molar-refractivity contribution >= 4 is 22.8 Å². The van der Waals surface area contributed by atoms with Gasteiger partial charge in [0.25, 0.3) is 0 Å². The van der Waals surface area contributed by atoms with Crippen molar-refractivity contribution in [3.63, 3.8) is 0 Å². The number of halogens is 2. The first-order chi connectivity index (χ1) is 19.1. The summed E-state index contributed by atoms with van der Waals surface area (Å²) in [6.45, 7) is 13.0. The fourth-order valence-corrected chi connectivity index (χ4v) is 5.98. The molecule has 40 heavy (non-hydrogen) atoms. The van der Waals surface area contributed by atoms with Crippen LogP contribution in [0.25, 0.3) is 22.3 Å². The molecule has 0 saturated carbocycles. The third-order valence-electron chi connectivity index (χ3n) is 8.21. The molecule has 5 rings (SSSR count). The highest BCUT2D eigenvalue weighted by atomic mass is 19.1. The molecule has 3 aromatic heterocycles. The Labute approximate surface area is 233 Å². The molecule has 1 aromatic carbocycles. The SMILES string of the molecule is CCN1CCC(C(O)(CC)c2ccc(Nc3ncc(F)c(-c4cc(F)c5nc(C)n(C(C)C)c5c4)n3)nc2)CC1. The van der Waals surface area contributed by atoms with Crippen molar-refractivity contribution in [3.8, 4) is 11.3 Å². The predicted molar refractivity (Wildman–Crippen MR) is 152 cm³/mol. The van der Waals surface area contributed by atoms with Gasteiger partial charge in [-0.25, -0.2) is 28.7 Å². The summed E-state index contributed by atoms with van der Waals surface area (Å²) < 4.78 is 31.8. The van der Waals surface area contributed by atoms with Crippen LogP contribution >= 0.6 is 0 Å². The maximum absolute atomic E-state index is 15.0. The molecule has 1 aliphatic rings. The summed E-state index contributed by atoms with van der Waals surface area (Å²) >= 11 is 0. The molecule has 8 nitrogen and oxygen atoms in total. The number of nitrogens with one attached hydrogen (secondary N) is 1. The Morgan fingerprint density at radius 1 is 1.05 bits per heavy atom. The van der Waals surface area contributed by atoms with Crippen LogP contribution in [-0.2, 0) is 5.60 Å². The van der Waals surface area contributed by atoms with Crippen molar-refractivity contribution in [2.24, 2.45) is 5.92 Å². The number of anilines is 2. The molecular formula is C30H37F2N7O. The van der Waals surface area contributed by atoms with Gasteiger partial charge in [-0.3, -0.25) is 0 Å². The van der Waals surface area contributed by atoms with Crippen LogP contribution in [0.3, 0.4) is 0 Å². The molecule has 0 spiro atoms. The van der Waals surface area contributed by atoms with Crippen molar-refractivity contribution < 1.29 is 13.9 Å². The quantitative estimate of drug-likeness (QED) is 0.273. The summed E-state index contributed by atoms with van der Waals surface area (Å²) in [5.74, 6) is 0.227. The van der Waals surface area contributed by atoms with Gasteiger partial charge in [0.1, 0.15) is 22.9 Å². The number of pyridine rings is 1. The van der Waals surface area contributed by atoms with E-state index in [4.69, 9.17) is 0 Å². The second kappa shape index (κ2) is 11.2. The van der Waals surface area contributed by atoms with E-state index < -0.39 is 17.2 Å². The molecule has 0 radical (unpaired) electrons. The van der Waals surface area contributed by atoms with E-state index in [-0.39, 0.29) is 29.1 Å². The maximum atomic E-state index is 15.0. The highest BCUT2D eigenvalue weighted by Crippen LogP contribution is 2.39. The minimum atomic E-state index is -0.950. The molecule has 0 amide bonds. The first-order valence-electron chi connectivity index (χ1n) is 14.0. The van der Waals surface area contributed by atoms with Crippen molar-refractivity contribution in [2.45, 2.75) is 65.5 Å². The van der Waals surface area contributed by atoms with Crippen LogP contribution in [0.5, 0.6) is 0 Å². The van der Waals surface area contributed by atoms with Crippen molar-refractivity contribution in [3.05, 3.63) is 59.7 Å². The maximum Gasteiger partial charge on any atom is 0.229 e. The fraction of sp³-hybridized carbons (Fsp3) is 0.467. The molecular weight excluding hydrogens is 512 g/mol. The monoisotopic (exact) mass is 549 g/mol.